The van der Waals surface area contributed by atoms with Crippen molar-refractivity contribution in [3.05, 3.63) is 93.5 Å². The number of hydrogen-bond donors (Lipinski definition) is 2. The number of nitrogens with zero attached hydrogens (tertiary/aromatic N) is 1. The van der Waals surface area contributed by atoms with Crippen molar-refractivity contribution in [1.82, 2.24) is 10.7 Å². The highest BCUT2D eigenvalue weighted by molar-refractivity contribution is 6.36. The number of ether oxygens (including phenoxy) is 2. The van der Waals surface area contributed by atoms with Crippen LogP contribution in [0.25, 0.3) is 0 Å². The van der Waals surface area contributed by atoms with Gasteiger partial charge in [0.25, 0.3) is 11.8 Å². The van der Waals surface area contributed by atoms with E-state index in [1.165, 1.54) is 18.3 Å². The van der Waals surface area contributed by atoms with Gasteiger partial charge in [-0.05, 0) is 71.6 Å². The van der Waals surface area contributed by atoms with E-state index in [1.807, 2.05) is 62.4 Å². The van der Waals surface area contributed by atoms with Crippen LogP contribution in [0.5, 0.6) is 11.5 Å². The summed E-state index contributed by atoms with van der Waals surface area (Å²) in [6.45, 7) is 4.07. The second kappa shape index (κ2) is 13.0. The maximum atomic E-state index is 12.7. The molecule has 9 heteroatoms. The monoisotopic (exact) mass is 527 g/mol. The molecule has 36 heavy (non-hydrogen) atoms. The highest BCUT2D eigenvalue weighted by Gasteiger charge is 2.25. The van der Waals surface area contributed by atoms with E-state index in [4.69, 9.17) is 32.7 Å². The number of nitrogens with one attached hydrogen (secondary N) is 2. The first-order chi connectivity index (χ1) is 17.3. The Morgan fingerprint density at radius 1 is 0.972 bits per heavy atom. The van der Waals surface area contributed by atoms with Gasteiger partial charge < -0.3 is 14.8 Å². The number of hydrazone groups is 1. The predicted molar refractivity (Wildman–Crippen MR) is 142 cm³/mol. The summed E-state index contributed by atoms with van der Waals surface area (Å²) < 4.78 is 11.0. The number of hydrogen-bond acceptors (Lipinski definition) is 5. The van der Waals surface area contributed by atoms with Crippen LogP contribution in [0.15, 0.2) is 71.8 Å². The molecule has 3 aromatic rings. The summed E-state index contributed by atoms with van der Waals surface area (Å²) in [5, 5.41) is 7.35. The third kappa shape index (κ3) is 7.73. The third-order valence-corrected chi connectivity index (χ3v) is 5.79. The van der Waals surface area contributed by atoms with Crippen molar-refractivity contribution in [2.75, 3.05) is 7.11 Å². The molecule has 0 heterocycles. The molecule has 0 saturated carbocycles. The Kier molecular flexibility index (Phi) is 9.73. The molecule has 0 saturated heterocycles. The van der Waals surface area contributed by atoms with Crippen LogP contribution in [-0.4, -0.2) is 31.2 Å². The SMILES string of the molecule is COc1ccc(COc2ccc(/C=N\NC(=O)C(NC(=O)c3ccc(Cl)cc3Cl)C(C)C)cc2)cc1. The van der Waals surface area contributed by atoms with Gasteiger partial charge in [0.2, 0.25) is 0 Å². The molecule has 0 aromatic heterocycles. The van der Waals surface area contributed by atoms with Gasteiger partial charge >= 0.3 is 0 Å². The molecule has 0 spiro atoms. The molecule has 0 aliphatic heterocycles. The van der Waals surface area contributed by atoms with Gasteiger partial charge in [-0.3, -0.25) is 9.59 Å². The Morgan fingerprint density at radius 2 is 1.64 bits per heavy atom. The number of carbonyl (C=O) groups is 2. The lowest BCUT2D eigenvalue weighted by Gasteiger charge is -2.20. The molecule has 0 aliphatic rings. The predicted octanol–water partition coefficient (Wildman–Crippen LogP) is 5.49. The number of halogens is 2. The minimum absolute atomic E-state index is 0.183. The molecule has 7 nitrogen and oxygen atoms in total. The highest BCUT2D eigenvalue weighted by atomic mass is 35.5. The first kappa shape index (κ1) is 27.0. The van der Waals surface area contributed by atoms with E-state index >= 15 is 0 Å². The quantitative estimate of drug-likeness (QED) is 0.269. The normalized spacial score (nSPS) is 11.8. The van der Waals surface area contributed by atoms with Crippen molar-refractivity contribution < 1.29 is 19.1 Å². The summed E-state index contributed by atoms with van der Waals surface area (Å²) in [5.41, 5.74) is 4.51. The topological polar surface area (TPSA) is 89.0 Å². The van der Waals surface area contributed by atoms with Gasteiger partial charge in [-0.2, -0.15) is 5.10 Å². The summed E-state index contributed by atoms with van der Waals surface area (Å²) in [4.78, 5) is 25.3. The van der Waals surface area contributed by atoms with E-state index in [9.17, 15) is 9.59 Å². The van der Waals surface area contributed by atoms with E-state index in [0.29, 0.717) is 17.4 Å². The number of rotatable bonds is 10. The zero-order valence-corrected chi connectivity index (χ0v) is 21.6. The fraction of sp³-hybridized carbons (Fsp3) is 0.222. The molecular formula is C27H27Cl2N3O4. The van der Waals surface area contributed by atoms with Crippen LogP contribution in [-0.2, 0) is 11.4 Å². The van der Waals surface area contributed by atoms with Crippen LogP contribution in [0.1, 0.15) is 35.3 Å². The van der Waals surface area contributed by atoms with Gasteiger partial charge in [0.15, 0.2) is 0 Å². The van der Waals surface area contributed by atoms with Crippen LogP contribution in [0.2, 0.25) is 10.0 Å². The van der Waals surface area contributed by atoms with Gasteiger partial charge in [0.1, 0.15) is 24.1 Å². The Balaban J connectivity index is 1.53. The van der Waals surface area contributed by atoms with Crippen molar-refractivity contribution in [3.8, 4) is 11.5 Å². The summed E-state index contributed by atoms with van der Waals surface area (Å²) >= 11 is 12.0. The van der Waals surface area contributed by atoms with Crippen molar-refractivity contribution in [2.24, 2.45) is 11.0 Å². The van der Waals surface area contributed by atoms with E-state index in [-0.39, 0.29) is 16.5 Å². The van der Waals surface area contributed by atoms with Crippen LogP contribution in [0, 0.1) is 5.92 Å². The summed E-state index contributed by atoms with van der Waals surface area (Å²) in [5.74, 6) is 0.397. The minimum atomic E-state index is -0.810. The molecule has 0 fully saturated rings. The van der Waals surface area contributed by atoms with E-state index < -0.39 is 17.9 Å². The third-order valence-electron chi connectivity index (χ3n) is 5.24. The van der Waals surface area contributed by atoms with Gasteiger partial charge in [-0.15, -0.1) is 0 Å². The summed E-state index contributed by atoms with van der Waals surface area (Å²) in [6.07, 6.45) is 1.51. The Labute approximate surface area is 220 Å². The maximum absolute atomic E-state index is 12.7. The van der Waals surface area contributed by atoms with E-state index in [0.717, 1.165) is 16.9 Å². The smallest absolute Gasteiger partial charge is 0.262 e. The lowest BCUT2D eigenvalue weighted by atomic mass is 10.0. The van der Waals surface area contributed by atoms with Crippen LogP contribution < -0.4 is 20.2 Å². The molecular weight excluding hydrogens is 501 g/mol. The first-order valence-electron chi connectivity index (χ1n) is 11.2. The standard InChI is InChI=1S/C27H27Cl2N3O4/c1-17(2)25(31-26(33)23-13-8-20(28)14-24(23)29)27(34)32-30-15-18-4-11-22(12-5-18)36-16-19-6-9-21(35-3)10-7-19/h4-15,17,25H,16H2,1-3H3,(H,31,33)(H,32,34)/b30-15-. The molecule has 0 radical (unpaired) electrons. The fourth-order valence-electron chi connectivity index (χ4n) is 3.21. The number of methoxy groups -OCH3 is 1. The maximum Gasteiger partial charge on any atom is 0.262 e. The van der Waals surface area contributed by atoms with Crippen LogP contribution in [0.4, 0.5) is 0 Å². The molecule has 1 unspecified atom stereocenters. The van der Waals surface area contributed by atoms with E-state index in [2.05, 4.69) is 15.8 Å². The van der Waals surface area contributed by atoms with Crippen LogP contribution >= 0.6 is 23.2 Å². The van der Waals surface area contributed by atoms with Gasteiger partial charge in [0.05, 0.1) is 23.9 Å². The zero-order chi connectivity index (χ0) is 26.1. The second-order valence-corrected chi connectivity index (χ2v) is 9.10. The Hall–Kier alpha value is -3.55. The van der Waals surface area contributed by atoms with Crippen molar-refractivity contribution >= 4 is 41.2 Å². The molecule has 1 atom stereocenters. The van der Waals surface area contributed by atoms with Gasteiger partial charge in [-0.25, -0.2) is 5.43 Å². The highest BCUT2D eigenvalue weighted by Crippen LogP contribution is 2.21. The molecule has 0 aliphatic carbocycles. The summed E-state index contributed by atoms with van der Waals surface area (Å²) in [7, 11) is 1.63. The zero-order valence-electron chi connectivity index (χ0n) is 20.1. The van der Waals surface area contributed by atoms with Crippen molar-refractivity contribution in [2.45, 2.75) is 26.5 Å². The van der Waals surface area contributed by atoms with E-state index in [1.54, 1.807) is 13.2 Å². The fourth-order valence-corrected chi connectivity index (χ4v) is 3.70. The first-order valence-corrected chi connectivity index (χ1v) is 12.0. The Morgan fingerprint density at radius 3 is 2.25 bits per heavy atom. The number of amides is 2. The van der Waals surface area contributed by atoms with Crippen LogP contribution in [0.3, 0.4) is 0 Å². The largest absolute Gasteiger partial charge is 0.497 e. The molecule has 3 rings (SSSR count). The second-order valence-electron chi connectivity index (χ2n) is 8.26. The van der Waals surface area contributed by atoms with Gasteiger partial charge in [0, 0.05) is 5.02 Å². The molecule has 188 valence electrons. The summed E-state index contributed by atoms with van der Waals surface area (Å²) in [6, 6.07) is 18.7. The minimum Gasteiger partial charge on any atom is -0.497 e. The van der Waals surface area contributed by atoms with Gasteiger partial charge in [-0.1, -0.05) is 49.2 Å². The average molecular weight is 528 g/mol. The van der Waals surface area contributed by atoms with Crippen molar-refractivity contribution in [1.29, 1.82) is 0 Å². The average Bonchev–Trinajstić information content (AvgIpc) is 2.86. The molecule has 0 bridgehead atoms. The lowest BCUT2D eigenvalue weighted by Crippen LogP contribution is -2.48. The van der Waals surface area contributed by atoms with Crippen molar-refractivity contribution in [3.63, 3.8) is 0 Å². The number of benzene rings is 3. The molecule has 2 amide bonds. The Bertz CT molecular complexity index is 1210. The number of carbonyl (C=O) groups excluding carboxylic acids is 2. The molecule has 3 aromatic carbocycles. The lowest BCUT2D eigenvalue weighted by molar-refractivity contribution is -0.123. The molecule has 2 N–H and O–H groups in total.